The number of benzene rings is 2. The molecule has 0 amide bonds. The van der Waals surface area contributed by atoms with Crippen LogP contribution >= 0.6 is 0 Å². The van der Waals surface area contributed by atoms with Crippen LogP contribution in [0.25, 0.3) is 10.8 Å². The summed E-state index contributed by atoms with van der Waals surface area (Å²) in [7, 11) is 0. The molecule has 2 aliphatic rings. The second-order valence-corrected chi connectivity index (χ2v) is 7.33. The second kappa shape index (κ2) is 6.39. The molecule has 0 aliphatic heterocycles. The summed E-state index contributed by atoms with van der Waals surface area (Å²) < 4.78 is 0. The van der Waals surface area contributed by atoms with Gasteiger partial charge >= 0.3 is 0 Å². The lowest BCUT2D eigenvalue weighted by Crippen LogP contribution is -2.19. The van der Waals surface area contributed by atoms with Gasteiger partial charge in [0.1, 0.15) is 0 Å². The van der Waals surface area contributed by atoms with Crippen molar-refractivity contribution in [2.45, 2.75) is 44.9 Å². The van der Waals surface area contributed by atoms with E-state index in [2.05, 4.69) is 61.5 Å². The number of rotatable bonds is 3. The van der Waals surface area contributed by atoms with E-state index in [0.29, 0.717) is 11.8 Å². The predicted molar refractivity (Wildman–Crippen MR) is 103 cm³/mol. The van der Waals surface area contributed by atoms with E-state index < -0.39 is 0 Å². The second-order valence-electron chi connectivity index (χ2n) is 7.33. The van der Waals surface area contributed by atoms with Gasteiger partial charge in [0.25, 0.3) is 0 Å². The van der Waals surface area contributed by atoms with Gasteiger partial charge in [0, 0.05) is 23.1 Å². The largest absolute Gasteiger partial charge is 0.304 e. The van der Waals surface area contributed by atoms with Crippen molar-refractivity contribution in [2.75, 3.05) is 0 Å². The first-order chi connectivity index (χ1) is 11.7. The lowest BCUT2D eigenvalue weighted by atomic mass is 9.80. The first-order valence-electron chi connectivity index (χ1n) is 9.20. The quantitative estimate of drug-likeness (QED) is 0.635. The van der Waals surface area contributed by atoms with Crippen LogP contribution in [-0.4, -0.2) is 5.71 Å². The number of fused-ring (bicyclic) bond motifs is 1. The standard InChI is InChI=1S/C23H25N/c1-16-11-12-20(13-16)21-14-18-9-5-6-10-19(18)15-22(21)23(24)17-7-3-2-4-8-17/h5-6,9-15,17,20,24H,2-4,7-8H2,1H3. The number of hydrogen-bond donors (Lipinski definition) is 1. The zero-order valence-corrected chi connectivity index (χ0v) is 14.4. The molecule has 2 aliphatic carbocycles. The molecule has 0 spiro atoms. The number of nitrogens with one attached hydrogen (secondary N) is 1. The zero-order chi connectivity index (χ0) is 16.5. The Hall–Kier alpha value is -2.15. The SMILES string of the molecule is CC1=CC(c2cc3ccccc3cc2C(=N)C2CCCCC2)C=C1. The third kappa shape index (κ3) is 2.84. The Morgan fingerprint density at radius 2 is 1.71 bits per heavy atom. The van der Waals surface area contributed by atoms with Gasteiger partial charge in [-0.3, -0.25) is 0 Å². The minimum absolute atomic E-state index is 0.313. The molecule has 0 radical (unpaired) electrons. The van der Waals surface area contributed by atoms with Crippen LogP contribution in [-0.2, 0) is 0 Å². The third-order valence-electron chi connectivity index (χ3n) is 5.59. The van der Waals surface area contributed by atoms with Crippen molar-refractivity contribution in [3.05, 3.63) is 71.3 Å². The van der Waals surface area contributed by atoms with Crippen LogP contribution in [0.1, 0.15) is 56.1 Å². The molecule has 0 heterocycles. The van der Waals surface area contributed by atoms with Crippen LogP contribution in [0.3, 0.4) is 0 Å². The topological polar surface area (TPSA) is 23.9 Å². The molecule has 1 atom stereocenters. The normalized spacial score (nSPS) is 21.2. The lowest BCUT2D eigenvalue weighted by Gasteiger charge is -2.25. The first kappa shape index (κ1) is 15.4. The van der Waals surface area contributed by atoms with Crippen LogP contribution in [0.15, 0.2) is 60.2 Å². The van der Waals surface area contributed by atoms with Gasteiger partial charge in [-0.05, 0) is 48.2 Å². The van der Waals surface area contributed by atoms with Crippen molar-refractivity contribution in [3.63, 3.8) is 0 Å². The van der Waals surface area contributed by atoms with E-state index in [9.17, 15) is 0 Å². The molecule has 1 fully saturated rings. The molecular formula is C23H25N. The van der Waals surface area contributed by atoms with Crippen molar-refractivity contribution in [1.29, 1.82) is 5.41 Å². The average molecular weight is 315 g/mol. The van der Waals surface area contributed by atoms with Crippen LogP contribution in [0.5, 0.6) is 0 Å². The molecule has 24 heavy (non-hydrogen) atoms. The molecule has 1 unspecified atom stereocenters. The van der Waals surface area contributed by atoms with Crippen molar-refractivity contribution in [2.24, 2.45) is 5.92 Å². The van der Waals surface area contributed by atoms with Gasteiger partial charge in [-0.15, -0.1) is 0 Å². The Balaban J connectivity index is 1.82. The minimum Gasteiger partial charge on any atom is -0.304 e. The van der Waals surface area contributed by atoms with Gasteiger partial charge in [-0.25, -0.2) is 0 Å². The monoisotopic (exact) mass is 315 g/mol. The van der Waals surface area contributed by atoms with Gasteiger partial charge in [-0.1, -0.05) is 67.3 Å². The van der Waals surface area contributed by atoms with Gasteiger partial charge in [0.05, 0.1) is 0 Å². The zero-order valence-electron chi connectivity index (χ0n) is 14.4. The van der Waals surface area contributed by atoms with Gasteiger partial charge < -0.3 is 5.41 Å². The van der Waals surface area contributed by atoms with Crippen LogP contribution in [0, 0.1) is 11.3 Å². The highest BCUT2D eigenvalue weighted by Crippen LogP contribution is 2.35. The van der Waals surface area contributed by atoms with E-state index in [1.165, 1.54) is 59.6 Å². The average Bonchev–Trinajstić information content (AvgIpc) is 3.07. The fraction of sp³-hybridized carbons (Fsp3) is 0.348. The summed E-state index contributed by atoms with van der Waals surface area (Å²) in [6.07, 6.45) is 13.0. The smallest absolute Gasteiger partial charge is 0.0420 e. The highest BCUT2D eigenvalue weighted by Gasteiger charge is 2.24. The summed E-state index contributed by atoms with van der Waals surface area (Å²) in [4.78, 5) is 0. The third-order valence-corrected chi connectivity index (χ3v) is 5.59. The molecule has 2 aromatic rings. The number of hydrogen-bond acceptors (Lipinski definition) is 1. The van der Waals surface area contributed by atoms with Crippen LogP contribution in [0.2, 0.25) is 0 Å². The van der Waals surface area contributed by atoms with Crippen molar-refractivity contribution < 1.29 is 0 Å². The van der Waals surface area contributed by atoms with Crippen molar-refractivity contribution >= 4 is 16.5 Å². The van der Waals surface area contributed by atoms with E-state index in [1.54, 1.807) is 0 Å². The maximum absolute atomic E-state index is 8.91. The summed E-state index contributed by atoms with van der Waals surface area (Å²) in [5.74, 6) is 0.752. The van der Waals surface area contributed by atoms with E-state index >= 15 is 0 Å². The molecule has 0 saturated heterocycles. The summed E-state index contributed by atoms with van der Waals surface area (Å²) >= 11 is 0. The first-order valence-corrected chi connectivity index (χ1v) is 9.20. The molecule has 2 aromatic carbocycles. The molecule has 1 N–H and O–H groups in total. The molecule has 1 nitrogen and oxygen atoms in total. The summed E-state index contributed by atoms with van der Waals surface area (Å²) in [5.41, 5.74) is 4.66. The Labute approximate surface area is 144 Å². The highest BCUT2D eigenvalue weighted by atomic mass is 14.5. The molecule has 122 valence electrons. The minimum atomic E-state index is 0.313. The summed E-state index contributed by atoms with van der Waals surface area (Å²) in [5, 5.41) is 11.4. The van der Waals surface area contributed by atoms with Gasteiger partial charge in [0.15, 0.2) is 0 Å². The Morgan fingerprint density at radius 3 is 2.38 bits per heavy atom. The van der Waals surface area contributed by atoms with Crippen LogP contribution < -0.4 is 0 Å². The van der Waals surface area contributed by atoms with E-state index in [0.717, 1.165) is 5.71 Å². The molecule has 0 aromatic heterocycles. The van der Waals surface area contributed by atoms with Crippen molar-refractivity contribution in [1.82, 2.24) is 0 Å². The maximum atomic E-state index is 8.91. The highest BCUT2D eigenvalue weighted by molar-refractivity contribution is 6.04. The maximum Gasteiger partial charge on any atom is 0.0420 e. The molecule has 1 saturated carbocycles. The fourth-order valence-corrected chi connectivity index (χ4v) is 4.22. The van der Waals surface area contributed by atoms with Crippen molar-refractivity contribution in [3.8, 4) is 0 Å². The fourth-order valence-electron chi connectivity index (χ4n) is 4.22. The Morgan fingerprint density at radius 1 is 1.00 bits per heavy atom. The van der Waals surface area contributed by atoms with Crippen LogP contribution in [0.4, 0.5) is 0 Å². The Kier molecular flexibility index (Phi) is 4.10. The van der Waals surface area contributed by atoms with E-state index in [4.69, 9.17) is 5.41 Å². The molecule has 1 heteroatoms. The van der Waals surface area contributed by atoms with E-state index in [1.807, 2.05) is 0 Å². The summed E-state index contributed by atoms with van der Waals surface area (Å²) in [6.45, 7) is 2.16. The summed E-state index contributed by atoms with van der Waals surface area (Å²) in [6, 6.07) is 13.1. The molecule has 0 bridgehead atoms. The Bertz CT molecular complexity index is 834. The molecular weight excluding hydrogens is 290 g/mol. The van der Waals surface area contributed by atoms with E-state index in [-0.39, 0.29) is 0 Å². The van der Waals surface area contributed by atoms with Gasteiger partial charge in [-0.2, -0.15) is 0 Å². The van der Waals surface area contributed by atoms with Gasteiger partial charge in [0.2, 0.25) is 0 Å². The number of allylic oxidation sites excluding steroid dienone is 4. The molecule has 4 rings (SSSR count). The predicted octanol–water partition coefficient (Wildman–Crippen LogP) is 6.39. The lowest BCUT2D eigenvalue weighted by molar-refractivity contribution is 0.438.